The third-order valence-corrected chi connectivity index (χ3v) is 5.57. The smallest absolute Gasteiger partial charge is 0.160 e. The number of benzene rings is 1. The highest BCUT2D eigenvalue weighted by atomic mass is 15.4. The number of rotatable bonds is 5. The Labute approximate surface area is 187 Å². The van der Waals surface area contributed by atoms with E-state index in [2.05, 4.69) is 14.9 Å². The topological polar surface area (TPSA) is 84.7 Å². The summed E-state index contributed by atoms with van der Waals surface area (Å²) in [5, 5.41) is 4.81. The molecule has 2 N–H and O–H groups in total. The Morgan fingerprint density at radius 3 is 2.53 bits per heavy atom. The first kappa shape index (κ1) is 19.9. The van der Waals surface area contributed by atoms with Gasteiger partial charge in [-0.2, -0.15) is 9.61 Å². The van der Waals surface area contributed by atoms with Crippen LogP contribution in [0.1, 0.15) is 24.8 Å². The quantitative estimate of drug-likeness (QED) is 0.478. The summed E-state index contributed by atoms with van der Waals surface area (Å²) < 4.78 is 1.91. The van der Waals surface area contributed by atoms with Gasteiger partial charge in [0.05, 0.1) is 5.69 Å². The minimum absolute atomic E-state index is 0.627. The van der Waals surface area contributed by atoms with E-state index in [1.165, 1.54) is 19.3 Å². The third kappa shape index (κ3) is 4.23. The van der Waals surface area contributed by atoms with E-state index in [4.69, 9.17) is 15.8 Å². The second-order valence-corrected chi connectivity index (χ2v) is 7.80. The number of aliphatic imine (C=N–C) groups is 1. The van der Waals surface area contributed by atoms with Gasteiger partial charge in [-0.1, -0.05) is 36.4 Å². The van der Waals surface area contributed by atoms with E-state index in [1.807, 2.05) is 65.2 Å². The third-order valence-electron chi connectivity index (χ3n) is 5.57. The fraction of sp³-hybridized carbons (Fsp3) is 0.200. The minimum atomic E-state index is 0.627. The van der Waals surface area contributed by atoms with Crippen molar-refractivity contribution in [2.24, 2.45) is 10.7 Å². The van der Waals surface area contributed by atoms with Crippen molar-refractivity contribution in [1.82, 2.24) is 19.6 Å². The first-order valence-corrected chi connectivity index (χ1v) is 10.9. The van der Waals surface area contributed by atoms with E-state index in [0.717, 1.165) is 41.5 Å². The van der Waals surface area contributed by atoms with Crippen LogP contribution >= 0.6 is 0 Å². The van der Waals surface area contributed by atoms with Gasteiger partial charge in [-0.25, -0.2) is 9.98 Å². The van der Waals surface area contributed by atoms with Gasteiger partial charge >= 0.3 is 0 Å². The summed E-state index contributed by atoms with van der Waals surface area (Å²) in [5.74, 6) is 1.63. The zero-order valence-corrected chi connectivity index (χ0v) is 17.8. The molecule has 0 radical (unpaired) electrons. The fourth-order valence-electron chi connectivity index (χ4n) is 3.92. The van der Waals surface area contributed by atoms with Crippen molar-refractivity contribution in [3.63, 3.8) is 0 Å². The molecule has 0 bridgehead atoms. The molecule has 1 aromatic carbocycles. The summed E-state index contributed by atoms with van der Waals surface area (Å²) >= 11 is 0. The molecule has 0 spiro atoms. The standard InChI is InChI=1S/C25H25N7/c26-20(19-9-3-1-4-10-19)12-14-28-23-18-25(31-15-7-2-8-16-31)32-24(29-23)17-22(30-32)21-11-5-6-13-27-21/h1,3-6,9-14,17-18H,2,7-8,15-16,26H2. The van der Waals surface area contributed by atoms with Crippen molar-refractivity contribution < 1.29 is 0 Å². The van der Waals surface area contributed by atoms with Crippen molar-refractivity contribution in [1.29, 1.82) is 0 Å². The fourth-order valence-corrected chi connectivity index (χ4v) is 3.92. The summed E-state index contributed by atoms with van der Waals surface area (Å²) in [4.78, 5) is 16.1. The Balaban J connectivity index is 1.52. The normalized spacial score (nSPS) is 15.0. The maximum Gasteiger partial charge on any atom is 0.160 e. The summed E-state index contributed by atoms with van der Waals surface area (Å²) in [7, 11) is 0. The zero-order valence-electron chi connectivity index (χ0n) is 17.8. The molecule has 1 fully saturated rings. The van der Waals surface area contributed by atoms with Crippen LogP contribution in [0, 0.1) is 0 Å². The minimum Gasteiger partial charge on any atom is -0.398 e. The van der Waals surface area contributed by atoms with Gasteiger partial charge in [0.1, 0.15) is 11.5 Å². The van der Waals surface area contributed by atoms with Gasteiger partial charge in [0, 0.05) is 43.3 Å². The maximum absolute atomic E-state index is 6.18. The lowest BCUT2D eigenvalue weighted by Crippen LogP contribution is -2.31. The molecular formula is C25H25N7. The van der Waals surface area contributed by atoms with Gasteiger partial charge in [-0.3, -0.25) is 4.98 Å². The summed E-state index contributed by atoms with van der Waals surface area (Å²) in [6.07, 6.45) is 8.89. The predicted octanol–water partition coefficient (Wildman–Crippen LogP) is 4.48. The maximum atomic E-state index is 6.18. The summed E-state index contributed by atoms with van der Waals surface area (Å²) in [6.45, 7) is 2.00. The molecule has 32 heavy (non-hydrogen) atoms. The first-order valence-electron chi connectivity index (χ1n) is 10.9. The van der Waals surface area contributed by atoms with Crippen LogP contribution in [0.2, 0.25) is 0 Å². The molecule has 4 aromatic rings. The second-order valence-electron chi connectivity index (χ2n) is 7.80. The molecule has 7 heteroatoms. The largest absolute Gasteiger partial charge is 0.398 e. The molecule has 0 atom stereocenters. The molecule has 1 aliphatic heterocycles. The van der Waals surface area contributed by atoms with Crippen LogP contribution in [0.15, 0.2) is 77.9 Å². The van der Waals surface area contributed by atoms with E-state index in [-0.39, 0.29) is 0 Å². The van der Waals surface area contributed by atoms with E-state index >= 15 is 0 Å². The average Bonchev–Trinajstić information content (AvgIpc) is 3.29. The molecule has 5 rings (SSSR count). The Morgan fingerprint density at radius 2 is 1.75 bits per heavy atom. The average molecular weight is 424 g/mol. The van der Waals surface area contributed by atoms with Gasteiger partial charge in [-0.05, 0) is 43.0 Å². The van der Waals surface area contributed by atoms with Crippen LogP contribution in [0.3, 0.4) is 0 Å². The van der Waals surface area contributed by atoms with Crippen LogP contribution in [0.4, 0.5) is 11.6 Å². The summed E-state index contributed by atoms with van der Waals surface area (Å²) in [5.41, 5.74) is 10.2. The Morgan fingerprint density at radius 1 is 0.938 bits per heavy atom. The molecule has 3 aromatic heterocycles. The van der Waals surface area contributed by atoms with Gasteiger partial charge in [-0.15, -0.1) is 0 Å². The number of anilines is 1. The SMILES string of the molecule is NC(=CC=Nc1cc(N2CCCCC2)n2nc(-c3ccccn3)cc2n1)c1ccccc1. The molecule has 1 aliphatic rings. The van der Waals surface area contributed by atoms with Crippen molar-refractivity contribution in [3.8, 4) is 11.4 Å². The van der Waals surface area contributed by atoms with Crippen molar-refractivity contribution in [2.45, 2.75) is 19.3 Å². The number of nitrogens with two attached hydrogens (primary N) is 1. The van der Waals surface area contributed by atoms with Crippen molar-refractivity contribution in [2.75, 3.05) is 18.0 Å². The number of hydrogen-bond donors (Lipinski definition) is 1. The number of fused-ring (bicyclic) bond motifs is 1. The van der Waals surface area contributed by atoms with E-state index in [9.17, 15) is 0 Å². The van der Waals surface area contributed by atoms with Gasteiger partial charge < -0.3 is 10.6 Å². The lowest BCUT2D eigenvalue weighted by Gasteiger charge is -2.28. The molecule has 4 heterocycles. The number of piperidine rings is 1. The highest BCUT2D eigenvalue weighted by molar-refractivity contribution is 5.85. The van der Waals surface area contributed by atoms with Crippen LogP contribution in [0.5, 0.6) is 0 Å². The first-order chi connectivity index (χ1) is 15.8. The van der Waals surface area contributed by atoms with E-state index in [1.54, 1.807) is 18.5 Å². The van der Waals surface area contributed by atoms with Gasteiger partial charge in [0.15, 0.2) is 11.5 Å². The molecular weight excluding hydrogens is 398 g/mol. The molecule has 160 valence electrons. The Kier molecular flexibility index (Phi) is 5.61. The van der Waals surface area contributed by atoms with Crippen LogP contribution in [-0.4, -0.2) is 38.9 Å². The van der Waals surface area contributed by atoms with Crippen molar-refractivity contribution in [3.05, 3.63) is 78.5 Å². The molecule has 0 aliphatic carbocycles. The molecule has 0 unspecified atom stereocenters. The van der Waals surface area contributed by atoms with E-state index < -0.39 is 0 Å². The number of hydrogen-bond acceptors (Lipinski definition) is 6. The lowest BCUT2D eigenvalue weighted by molar-refractivity contribution is 0.568. The monoisotopic (exact) mass is 423 g/mol. The van der Waals surface area contributed by atoms with E-state index in [0.29, 0.717) is 11.5 Å². The van der Waals surface area contributed by atoms with Crippen LogP contribution in [0.25, 0.3) is 22.7 Å². The number of aromatic nitrogens is 4. The predicted molar refractivity (Wildman–Crippen MR) is 129 cm³/mol. The summed E-state index contributed by atoms with van der Waals surface area (Å²) in [6, 6.07) is 19.6. The molecule has 0 saturated carbocycles. The Hall–Kier alpha value is -4.00. The zero-order chi connectivity index (χ0) is 21.8. The van der Waals surface area contributed by atoms with Crippen molar-refractivity contribution >= 4 is 29.2 Å². The highest BCUT2D eigenvalue weighted by Crippen LogP contribution is 2.27. The van der Waals surface area contributed by atoms with Crippen LogP contribution < -0.4 is 10.6 Å². The lowest BCUT2D eigenvalue weighted by atomic mass is 10.1. The van der Waals surface area contributed by atoms with Gasteiger partial charge in [0.25, 0.3) is 0 Å². The molecule has 0 amide bonds. The highest BCUT2D eigenvalue weighted by Gasteiger charge is 2.18. The number of allylic oxidation sites excluding steroid dienone is 1. The van der Waals surface area contributed by atoms with Crippen LogP contribution in [-0.2, 0) is 0 Å². The Bertz CT molecular complexity index is 1250. The molecule has 7 nitrogen and oxygen atoms in total. The molecule has 1 saturated heterocycles. The van der Waals surface area contributed by atoms with Gasteiger partial charge in [0.2, 0.25) is 0 Å². The second kappa shape index (κ2) is 9.01. The number of pyridine rings is 1. The number of nitrogens with zero attached hydrogens (tertiary/aromatic N) is 6.